The number of carbonyl (C=O) groups excluding carboxylic acids is 1. The molecule has 3 N–H and O–H groups in total. The Balaban J connectivity index is 2.31. The Morgan fingerprint density at radius 3 is 2.58 bits per heavy atom. The number of nitrogens with one attached hydrogen (secondary N) is 2. The molecule has 110 valence electrons. The molecule has 0 spiro atoms. The number of carbonyl (C=O) groups is 2. The third kappa shape index (κ3) is 5.04. The van der Waals surface area contributed by atoms with Crippen molar-refractivity contribution in [3.63, 3.8) is 0 Å². The van der Waals surface area contributed by atoms with Crippen molar-refractivity contribution in [2.24, 2.45) is 5.41 Å². The molecule has 0 radical (unpaired) electrons. The highest BCUT2D eigenvalue weighted by atomic mass is 16.5. The van der Waals surface area contributed by atoms with E-state index in [1.165, 1.54) is 0 Å². The second-order valence-corrected chi connectivity index (χ2v) is 4.50. The van der Waals surface area contributed by atoms with Gasteiger partial charge in [-0.15, -0.1) is 0 Å². The van der Waals surface area contributed by atoms with Crippen molar-refractivity contribution in [2.45, 2.75) is 19.8 Å². The molecule has 0 aromatic heterocycles. The monoisotopic (exact) mass is 274 g/mol. The van der Waals surface area contributed by atoms with Gasteiger partial charge in [-0.2, -0.15) is 0 Å². The minimum atomic E-state index is -0.907. The third-order valence-electron chi connectivity index (χ3n) is 3.23. The third-order valence-corrected chi connectivity index (χ3v) is 3.23. The molecule has 1 heterocycles. The van der Waals surface area contributed by atoms with Crippen LogP contribution in [0.3, 0.4) is 0 Å². The fraction of sp³-hybridized carbons (Fsp3) is 0.833. The Hall–Kier alpha value is -1.34. The lowest BCUT2D eigenvalue weighted by molar-refractivity contribution is -0.154. The van der Waals surface area contributed by atoms with Gasteiger partial charge in [-0.25, -0.2) is 4.79 Å². The SMILES string of the molecule is CCOCCNC(=O)NCC1(C(=O)O)CCOCC1. The molecule has 7 heteroatoms. The van der Waals surface area contributed by atoms with Crippen LogP contribution in [-0.2, 0) is 14.3 Å². The van der Waals surface area contributed by atoms with Gasteiger partial charge in [0.05, 0.1) is 12.0 Å². The Labute approximate surface area is 112 Å². The maximum atomic E-state index is 11.5. The van der Waals surface area contributed by atoms with Crippen LogP contribution in [0.4, 0.5) is 4.79 Å². The molecule has 0 unspecified atom stereocenters. The molecule has 1 rings (SSSR count). The summed E-state index contributed by atoms with van der Waals surface area (Å²) < 4.78 is 10.2. The standard InChI is InChI=1S/C12H22N2O5/c1-2-18-8-5-13-11(17)14-9-12(10(15)16)3-6-19-7-4-12/h2-9H2,1H3,(H,15,16)(H2,13,14,17). The number of urea groups is 1. The molecule has 0 atom stereocenters. The predicted molar refractivity (Wildman–Crippen MR) is 68.0 cm³/mol. The smallest absolute Gasteiger partial charge is 0.314 e. The molecule has 0 saturated carbocycles. The number of amides is 2. The van der Waals surface area contributed by atoms with E-state index in [2.05, 4.69) is 10.6 Å². The highest BCUT2D eigenvalue weighted by Crippen LogP contribution is 2.29. The predicted octanol–water partition coefficient (Wildman–Crippen LogP) is 0.204. The van der Waals surface area contributed by atoms with Gasteiger partial charge in [0.2, 0.25) is 0 Å². The fourth-order valence-corrected chi connectivity index (χ4v) is 1.92. The zero-order chi connectivity index (χ0) is 14.1. The lowest BCUT2D eigenvalue weighted by Gasteiger charge is -2.33. The first kappa shape index (κ1) is 15.7. The van der Waals surface area contributed by atoms with Crippen LogP contribution in [0.25, 0.3) is 0 Å². The zero-order valence-electron chi connectivity index (χ0n) is 11.2. The largest absolute Gasteiger partial charge is 0.481 e. The van der Waals surface area contributed by atoms with E-state index >= 15 is 0 Å². The summed E-state index contributed by atoms with van der Waals surface area (Å²) in [6.07, 6.45) is 0.836. The van der Waals surface area contributed by atoms with Crippen molar-refractivity contribution in [3.8, 4) is 0 Å². The Morgan fingerprint density at radius 1 is 1.32 bits per heavy atom. The van der Waals surface area contributed by atoms with Crippen LogP contribution in [0, 0.1) is 5.41 Å². The van der Waals surface area contributed by atoms with Gasteiger partial charge >= 0.3 is 12.0 Å². The van der Waals surface area contributed by atoms with E-state index in [-0.39, 0.29) is 12.6 Å². The number of carboxylic acids is 1. The fourth-order valence-electron chi connectivity index (χ4n) is 1.92. The van der Waals surface area contributed by atoms with E-state index in [0.717, 1.165) is 0 Å². The molecular weight excluding hydrogens is 252 g/mol. The van der Waals surface area contributed by atoms with Crippen LogP contribution < -0.4 is 10.6 Å². The van der Waals surface area contributed by atoms with Gasteiger partial charge in [0.15, 0.2) is 0 Å². The van der Waals surface area contributed by atoms with E-state index in [1.54, 1.807) is 0 Å². The van der Waals surface area contributed by atoms with Gasteiger partial charge < -0.3 is 25.2 Å². The normalized spacial score (nSPS) is 17.7. The number of ether oxygens (including phenoxy) is 2. The maximum Gasteiger partial charge on any atom is 0.314 e. The number of hydrogen-bond acceptors (Lipinski definition) is 4. The second-order valence-electron chi connectivity index (χ2n) is 4.50. The van der Waals surface area contributed by atoms with Crippen molar-refractivity contribution in [3.05, 3.63) is 0 Å². The molecule has 0 aromatic carbocycles. The van der Waals surface area contributed by atoms with E-state index < -0.39 is 11.4 Å². The lowest BCUT2D eigenvalue weighted by atomic mass is 9.80. The highest BCUT2D eigenvalue weighted by Gasteiger charge is 2.40. The first-order valence-electron chi connectivity index (χ1n) is 6.51. The van der Waals surface area contributed by atoms with Gasteiger partial charge in [0, 0.05) is 32.9 Å². The molecule has 1 aliphatic rings. The first-order chi connectivity index (χ1) is 9.10. The summed E-state index contributed by atoms with van der Waals surface area (Å²) in [6.45, 7) is 4.28. The van der Waals surface area contributed by atoms with E-state index in [0.29, 0.717) is 45.8 Å². The number of hydrogen-bond donors (Lipinski definition) is 3. The molecule has 0 aromatic rings. The molecule has 0 aliphatic carbocycles. The van der Waals surface area contributed by atoms with Gasteiger partial charge in [-0.1, -0.05) is 0 Å². The number of aliphatic carboxylic acids is 1. The summed E-state index contributed by atoms with van der Waals surface area (Å²) in [6, 6.07) is -0.369. The first-order valence-corrected chi connectivity index (χ1v) is 6.51. The van der Waals surface area contributed by atoms with E-state index in [4.69, 9.17) is 9.47 Å². The Kier molecular flexibility index (Phi) is 6.58. The zero-order valence-corrected chi connectivity index (χ0v) is 11.2. The second kappa shape index (κ2) is 7.96. The van der Waals surface area contributed by atoms with Crippen molar-refractivity contribution >= 4 is 12.0 Å². The summed E-state index contributed by atoms with van der Waals surface area (Å²) in [7, 11) is 0. The minimum absolute atomic E-state index is 0.117. The maximum absolute atomic E-state index is 11.5. The van der Waals surface area contributed by atoms with Crippen LogP contribution in [0.1, 0.15) is 19.8 Å². The number of carboxylic acid groups (broad SMARTS) is 1. The summed E-state index contributed by atoms with van der Waals surface area (Å²) in [5, 5.41) is 14.5. The van der Waals surface area contributed by atoms with Crippen LogP contribution >= 0.6 is 0 Å². The average molecular weight is 274 g/mol. The molecule has 7 nitrogen and oxygen atoms in total. The molecule has 19 heavy (non-hydrogen) atoms. The quantitative estimate of drug-likeness (QED) is 0.576. The van der Waals surface area contributed by atoms with Gasteiger partial charge in [0.25, 0.3) is 0 Å². The van der Waals surface area contributed by atoms with Crippen LogP contribution in [0.2, 0.25) is 0 Å². The molecule has 0 bridgehead atoms. The summed E-state index contributed by atoms with van der Waals surface area (Å²) in [4.78, 5) is 22.9. The van der Waals surface area contributed by atoms with E-state index in [9.17, 15) is 14.7 Å². The molecule has 1 saturated heterocycles. The average Bonchev–Trinajstić information content (AvgIpc) is 2.42. The summed E-state index contributed by atoms with van der Waals surface area (Å²) >= 11 is 0. The van der Waals surface area contributed by atoms with Crippen molar-refractivity contribution in [2.75, 3.05) is 39.5 Å². The Bertz CT molecular complexity index is 302. The highest BCUT2D eigenvalue weighted by molar-refractivity contribution is 5.78. The van der Waals surface area contributed by atoms with Gasteiger partial charge in [-0.05, 0) is 19.8 Å². The van der Waals surface area contributed by atoms with Gasteiger partial charge in [-0.3, -0.25) is 4.79 Å². The van der Waals surface area contributed by atoms with Crippen LogP contribution in [0.5, 0.6) is 0 Å². The summed E-state index contributed by atoms with van der Waals surface area (Å²) in [5.74, 6) is -0.884. The molecular formula is C12H22N2O5. The minimum Gasteiger partial charge on any atom is -0.481 e. The Morgan fingerprint density at radius 2 is 2.00 bits per heavy atom. The molecule has 1 aliphatic heterocycles. The van der Waals surface area contributed by atoms with Crippen molar-refractivity contribution in [1.82, 2.24) is 10.6 Å². The topological polar surface area (TPSA) is 96.9 Å². The molecule has 2 amide bonds. The lowest BCUT2D eigenvalue weighted by Crippen LogP contribution is -2.49. The summed E-state index contributed by atoms with van der Waals surface area (Å²) in [5.41, 5.74) is -0.907. The molecule has 1 fully saturated rings. The van der Waals surface area contributed by atoms with E-state index in [1.807, 2.05) is 6.92 Å². The van der Waals surface area contributed by atoms with Crippen LogP contribution in [0.15, 0.2) is 0 Å². The number of rotatable bonds is 7. The van der Waals surface area contributed by atoms with Gasteiger partial charge in [0.1, 0.15) is 0 Å². The van der Waals surface area contributed by atoms with Crippen molar-refractivity contribution < 1.29 is 24.2 Å². The van der Waals surface area contributed by atoms with Crippen LogP contribution in [-0.4, -0.2) is 56.6 Å². The van der Waals surface area contributed by atoms with Crippen molar-refractivity contribution in [1.29, 1.82) is 0 Å².